The third kappa shape index (κ3) is 5.20. The van der Waals surface area contributed by atoms with Crippen LogP contribution in [0.15, 0.2) is 18.2 Å². The second kappa shape index (κ2) is 8.54. The van der Waals surface area contributed by atoms with Crippen LogP contribution < -0.4 is 24.2 Å². The molecule has 0 bridgehead atoms. The number of aryl methyl sites for hydroxylation is 1. The summed E-state index contributed by atoms with van der Waals surface area (Å²) in [5, 5.41) is 3.20. The summed E-state index contributed by atoms with van der Waals surface area (Å²) in [5.41, 5.74) is 2.18. The summed E-state index contributed by atoms with van der Waals surface area (Å²) in [6.07, 6.45) is 0. The summed E-state index contributed by atoms with van der Waals surface area (Å²) in [4.78, 5) is 0. The number of hydrogen-bond acceptors (Lipinski definition) is 1. The third-order valence-corrected chi connectivity index (χ3v) is 1.87. The second-order valence-electron chi connectivity index (χ2n) is 2.85. The molecule has 0 aromatic heterocycles. The van der Waals surface area contributed by atoms with E-state index < -0.39 is 0 Å². The summed E-state index contributed by atoms with van der Waals surface area (Å²) in [5.74, 6) is -0.159. The van der Waals surface area contributed by atoms with Crippen LogP contribution in [0.1, 0.15) is 23.8 Å². The Balaban J connectivity index is -0.0000000600. The molecule has 0 aliphatic carbocycles. The number of nitrogens with one attached hydrogen (secondary N) is 1. The minimum absolute atomic E-state index is 0. The van der Waals surface area contributed by atoms with Gasteiger partial charge in [-0.2, -0.15) is 0 Å². The average Bonchev–Trinajstić information content (AvgIpc) is 2.03. The number of halogens is 1. The normalized spacial score (nSPS) is 8.79. The van der Waals surface area contributed by atoms with Gasteiger partial charge in [-0.1, -0.05) is 13.0 Å². The largest absolute Gasteiger partial charge is 3.00 e. The molecule has 0 saturated carbocycles. The van der Waals surface area contributed by atoms with Crippen LogP contribution in [0.4, 0.5) is 4.39 Å². The summed E-state index contributed by atoms with van der Waals surface area (Å²) >= 11 is 0. The van der Waals surface area contributed by atoms with Crippen molar-refractivity contribution >= 4 is 17.4 Å². The molecule has 1 N–H and O–H groups in total. The van der Waals surface area contributed by atoms with E-state index in [1.165, 1.54) is 11.6 Å². The zero-order valence-electron chi connectivity index (χ0n) is 13.1. The number of benzene rings is 1. The maximum atomic E-state index is 12.6. The smallest absolute Gasteiger partial charge is 1.00 e. The fourth-order valence-corrected chi connectivity index (χ4v) is 1.12. The summed E-state index contributed by atoms with van der Waals surface area (Å²) in [7, 11) is 0. The van der Waals surface area contributed by atoms with Gasteiger partial charge in [0, 0.05) is 6.54 Å². The van der Waals surface area contributed by atoms with Crippen molar-refractivity contribution in [1.82, 2.24) is 5.32 Å². The van der Waals surface area contributed by atoms with Crippen molar-refractivity contribution < 1.29 is 29.0 Å². The van der Waals surface area contributed by atoms with E-state index in [-0.39, 0.29) is 47.7 Å². The van der Waals surface area contributed by atoms with Crippen LogP contribution in [0, 0.1) is 12.7 Å². The average molecular weight is 205 g/mol. The van der Waals surface area contributed by atoms with Crippen molar-refractivity contribution in [2.45, 2.75) is 20.4 Å². The SMILES string of the molecule is CCNCc1ccc(F)cc1C.[Al+3].[H-].[H-].[H-].[H-].[Li+]. The molecule has 4 heteroatoms. The molecule has 14 heavy (non-hydrogen) atoms. The minimum atomic E-state index is -0.159. The molecule has 1 nitrogen and oxygen atoms in total. The standard InChI is InChI=1S/C10H14FN.Al.Li.4H/c1-3-12-7-9-4-5-10(11)6-8(9)2;;;;;;/h4-6,12H,3,7H2,1-2H3;;;;;;/q;+3;+1;4*-1. The van der Waals surface area contributed by atoms with Crippen molar-refractivity contribution in [2.24, 2.45) is 0 Å². The molecule has 1 aromatic rings. The van der Waals surface area contributed by atoms with Crippen LogP contribution in [0.3, 0.4) is 0 Å². The molecule has 0 aliphatic heterocycles. The zero-order valence-corrected chi connectivity index (χ0v) is 10.3. The predicted molar refractivity (Wildman–Crippen MR) is 58.7 cm³/mol. The van der Waals surface area contributed by atoms with Gasteiger partial charge in [-0.25, -0.2) is 4.39 Å². The minimum Gasteiger partial charge on any atom is -1.00 e. The van der Waals surface area contributed by atoms with Crippen molar-refractivity contribution in [1.29, 1.82) is 0 Å². The van der Waals surface area contributed by atoms with Crippen molar-refractivity contribution in [3.8, 4) is 0 Å². The van der Waals surface area contributed by atoms with Gasteiger partial charge in [-0.05, 0) is 36.7 Å². The van der Waals surface area contributed by atoms with Gasteiger partial charge in [0.25, 0.3) is 0 Å². The van der Waals surface area contributed by atoms with E-state index in [9.17, 15) is 4.39 Å². The van der Waals surface area contributed by atoms with Crippen LogP contribution in [0.2, 0.25) is 0 Å². The fraction of sp³-hybridized carbons (Fsp3) is 0.400. The first-order chi connectivity index (χ1) is 5.74. The van der Waals surface area contributed by atoms with E-state index in [0.29, 0.717) is 0 Å². The summed E-state index contributed by atoms with van der Waals surface area (Å²) < 4.78 is 12.6. The molecule has 0 spiro atoms. The van der Waals surface area contributed by atoms with Crippen LogP contribution in [0.25, 0.3) is 0 Å². The molecule has 74 valence electrons. The van der Waals surface area contributed by atoms with E-state index in [4.69, 9.17) is 0 Å². The molecule has 0 radical (unpaired) electrons. The number of hydrogen-bond donors (Lipinski definition) is 1. The van der Waals surface area contributed by atoms with Crippen molar-refractivity contribution in [3.05, 3.63) is 35.1 Å². The molecule has 0 amide bonds. The molecule has 0 saturated heterocycles. The van der Waals surface area contributed by atoms with Crippen molar-refractivity contribution in [3.63, 3.8) is 0 Å². The van der Waals surface area contributed by atoms with Gasteiger partial charge in [-0.3, -0.25) is 0 Å². The third-order valence-electron chi connectivity index (χ3n) is 1.87. The summed E-state index contributed by atoms with van der Waals surface area (Å²) in [6.45, 7) is 5.74. The first-order valence-electron chi connectivity index (χ1n) is 4.19. The Morgan fingerprint density at radius 3 is 2.57 bits per heavy atom. The Bertz CT molecular complexity index is 282. The van der Waals surface area contributed by atoms with Gasteiger partial charge in [0.05, 0.1) is 0 Å². The molecule has 0 aliphatic rings. The quantitative estimate of drug-likeness (QED) is 0.644. The van der Waals surface area contributed by atoms with Crippen LogP contribution >= 0.6 is 0 Å². The van der Waals surface area contributed by atoms with Crippen LogP contribution in [0.5, 0.6) is 0 Å². The van der Waals surface area contributed by atoms with Crippen LogP contribution in [-0.4, -0.2) is 23.9 Å². The second-order valence-corrected chi connectivity index (χ2v) is 2.85. The molecule has 0 heterocycles. The Hall–Kier alpha value is 0.240. The van der Waals surface area contributed by atoms with E-state index >= 15 is 0 Å². The Morgan fingerprint density at radius 2 is 2.07 bits per heavy atom. The molecule has 0 unspecified atom stereocenters. The first kappa shape index (κ1) is 16.7. The van der Waals surface area contributed by atoms with E-state index in [1.54, 1.807) is 6.07 Å². The van der Waals surface area contributed by atoms with Crippen LogP contribution in [-0.2, 0) is 6.54 Å². The van der Waals surface area contributed by atoms with Gasteiger partial charge in [0.1, 0.15) is 5.82 Å². The van der Waals surface area contributed by atoms with E-state index in [2.05, 4.69) is 12.2 Å². The Kier molecular flexibility index (Phi) is 10.2. The van der Waals surface area contributed by atoms with Crippen molar-refractivity contribution in [2.75, 3.05) is 6.54 Å². The zero-order chi connectivity index (χ0) is 8.97. The fourth-order valence-electron chi connectivity index (χ4n) is 1.12. The van der Waals surface area contributed by atoms with Gasteiger partial charge < -0.3 is 11.0 Å². The number of rotatable bonds is 3. The van der Waals surface area contributed by atoms with Gasteiger partial charge in [0.15, 0.2) is 0 Å². The topological polar surface area (TPSA) is 12.0 Å². The Labute approximate surface area is 114 Å². The van der Waals surface area contributed by atoms with E-state index in [1.807, 2.05) is 13.0 Å². The van der Waals surface area contributed by atoms with Gasteiger partial charge in [-0.15, -0.1) is 0 Å². The van der Waals surface area contributed by atoms with Gasteiger partial charge >= 0.3 is 36.2 Å². The van der Waals surface area contributed by atoms with Gasteiger partial charge in [0.2, 0.25) is 0 Å². The molecule has 1 aromatic carbocycles. The maximum Gasteiger partial charge on any atom is 3.00 e. The molecule has 0 fully saturated rings. The summed E-state index contributed by atoms with van der Waals surface area (Å²) in [6, 6.07) is 4.89. The molecular formula is C10H18AlFLiN. The first-order valence-corrected chi connectivity index (χ1v) is 4.19. The molecule has 0 atom stereocenters. The molecular weight excluding hydrogens is 187 g/mol. The molecule has 1 rings (SSSR count). The maximum absolute atomic E-state index is 12.6. The van der Waals surface area contributed by atoms with E-state index in [0.717, 1.165) is 18.7 Å². The Morgan fingerprint density at radius 1 is 1.43 bits per heavy atom. The monoisotopic (exact) mass is 205 g/mol. The predicted octanol–water partition coefficient (Wildman–Crippen LogP) is -0.683.